The minimum Gasteiger partial charge on any atom is -0.317 e. The van der Waals surface area contributed by atoms with Gasteiger partial charge in [-0.1, -0.05) is 26.0 Å². The molecule has 1 N–H and O–H groups in total. The first kappa shape index (κ1) is 13.2. The van der Waals surface area contributed by atoms with Gasteiger partial charge in [0.15, 0.2) is 0 Å². The average Bonchev–Trinajstić information content (AvgIpc) is 2.21. The van der Waals surface area contributed by atoms with Crippen LogP contribution in [-0.4, -0.2) is 13.1 Å². The second-order valence-corrected chi connectivity index (χ2v) is 5.24. The molecule has 1 unspecified atom stereocenters. The van der Waals surface area contributed by atoms with Gasteiger partial charge in [-0.15, -0.1) is 0 Å². The first-order valence-corrected chi connectivity index (χ1v) is 5.80. The molecule has 1 aromatic rings. The van der Waals surface area contributed by atoms with Crippen molar-refractivity contribution >= 4 is 0 Å². The van der Waals surface area contributed by atoms with E-state index in [1.807, 2.05) is 19.2 Å². The Hall–Kier alpha value is -0.890. The van der Waals surface area contributed by atoms with E-state index >= 15 is 0 Å². The third-order valence-corrected chi connectivity index (χ3v) is 3.26. The third kappa shape index (κ3) is 3.05. The monoisotopic (exact) mass is 223 g/mol. The van der Waals surface area contributed by atoms with Crippen LogP contribution in [0, 0.1) is 12.7 Å². The van der Waals surface area contributed by atoms with Crippen LogP contribution < -0.4 is 5.32 Å². The largest absolute Gasteiger partial charge is 0.317 e. The zero-order valence-corrected chi connectivity index (χ0v) is 10.9. The fraction of sp³-hybridized carbons (Fsp3) is 0.571. The fourth-order valence-electron chi connectivity index (χ4n) is 2.00. The smallest absolute Gasteiger partial charge is 0.126 e. The minimum atomic E-state index is -0.109. The molecule has 0 aromatic heterocycles. The molecule has 0 aliphatic heterocycles. The van der Waals surface area contributed by atoms with E-state index in [1.54, 1.807) is 13.0 Å². The summed E-state index contributed by atoms with van der Waals surface area (Å²) in [6, 6.07) is 5.98. The summed E-state index contributed by atoms with van der Waals surface area (Å²) < 4.78 is 13.5. The van der Waals surface area contributed by atoms with Crippen molar-refractivity contribution in [3.8, 4) is 0 Å². The molecule has 1 atom stereocenters. The van der Waals surface area contributed by atoms with Gasteiger partial charge in [0.1, 0.15) is 5.82 Å². The van der Waals surface area contributed by atoms with Gasteiger partial charge in [-0.2, -0.15) is 0 Å². The van der Waals surface area contributed by atoms with E-state index in [2.05, 4.69) is 26.1 Å². The Balaban J connectivity index is 2.93. The van der Waals surface area contributed by atoms with Crippen molar-refractivity contribution in [1.29, 1.82) is 0 Å². The Morgan fingerprint density at radius 1 is 1.38 bits per heavy atom. The van der Waals surface area contributed by atoms with Gasteiger partial charge >= 0.3 is 0 Å². The molecule has 0 heterocycles. The second kappa shape index (κ2) is 4.96. The van der Waals surface area contributed by atoms with E-state index in [-0.39, 0.29) is 11.2 Å². The van der Waals surface area contributed by atoms with E-state index < -0.39 is 0 Å². The van der Waals surface area contributed by atoms with Crippen molar-refractivity contribution in [3.05, 3.63) is 35.1 Å². The van der Waals surface area contributed by atoms with Crippen molar-refractivity contribution in [1.82, 2.24) is 5.32 Å². The Labute approximate surface area is 98.1 Å². The summed E-state index contributed by atoms with van der Waals surface area (Å²) in [5, 5.41) is 3.22. The lowest BCUT2D eigenvalue weighted by atomic mass is 9.79. The van der Waals surface area contributed by atoms with Gasteiger partial charge in [0, 0.05) is 6.04 Å². The zero-order valence-electron chi connectivity index (χ0n) is 10.9. The fourth-order valence-corrected chi connectivity index (χ4v) is 2.00. The normalized spacial score (nSPS) is 13.9. The van der Waals surface area contributed by atoms with Gasteiger partial charge in [-0.25, -0.2) is 4.39 Å². The zero-order chi connectivity index (χ0) is 12.3. The van der Waals surface area contributed by atoms with Gasteiger partial charge in [0.25, 0.3) is 0 Å². The van der Waals surface area contributed by atoms with Gasteiger partial charge in [0.2, 0.25) is 0 Å². The summed E-state index contributed by atoms with van der Waals surface area (Å²) in [5.41, 5.74) is 1.77. The summed E-state index contributed by atoms with van der Waals surface area (Å²) >= 11 is 0. The van der Waals surface area contributed by atoms with Crippen LogP contribution in [0.15, 0.2) is 18.2 Å². The predicted octanol–water partition coefficient (Wildman–Crippen LogP) is 3.41. The molecule has 0 aliphatic carbocycles. The van der Waals surface area contributed by atoms with Crippen LogP contribution in [-0.2, 0) is 5.41 Å². The van der Waals surface area contributed by atoms with Crippen molar-refractivity contribution in [2.45, 2.75) is 45.6 Å². The van der Waals surface area contributed by atoms with Gasteiger partial charge in [-0.05, 0) is 49.9 Å². The third-order valence-electron chi connectivity index (χ3n) is 3.26. The van der Waals surface area contributed by atoms with Crippen LogP contribution in [0.2, 0.25) is 0 Å². The van der Waals surface area contributed by atoms with Crippen LogP contribution >= 0.6 is 0 Å². The molecule has 1 aromatic carbocycles. The summed E-state index contributed by atoms with van der Waals surface area (Å²) in [6.45, 7) is 8.25. The lowest BCUT2D eigenvalue weighted by Crippen LogP contribution is -2.30. The molecule has 2 heteroatoms. The maximum absolute atomic E-state index is 13.5. The SMILES string of the molecule is CNC(C)CC(C)(C)c1ccc(C)c(F)c1. The second-order valence-electron chi connectivity index (χ2n) is 5.24. The van der Waals surface area contributed by atoms with Crippen molar-refractivity contribution in [2.75, 3.05) is 7.05 Å². The highest BCUT2D eigenvalue weighted by molar-refractivity contribution is 5.29. The maximum Gasteiger partial charge on any atom is 0.126 e. The number of hydrogen-bond donors (Lipinski definition) is 1. The molecule has 1 rings (SSSR count). The van der Waals surface area contributed by atoms with E-state index in [0.29, 0.717) is 11.6 Å². The van der Waals surface area contributed by atoms with Crippen LogP contribution in [0.3, 0.4) is 0 Å². The summed E-state index contributed by atoms with van der Waals surface area (Å²) in [4.78, 5) is 0. The molecular formula is C14H22FN. The molecule has 1 nitrogen and oxygen atoms in total. The van der Waals surface area contributed by atoms with Gasteiger partial charge in [0.05, 0.1) is 0 Å². The Bertz CT molecular complexity index is 358. The number of hydrogen-bond acceptors (Lipinski definition) is 1. The molecule has 0 bridgehead atoms. The van der Waals surface area contributed by atoms with Crippen LogP contribution in [0.5, 0.6) is 0 Å². The number of rotatable bonds is 4. The molecule has 0 aliphatic rings. The number of nitrogens with one attached hydrogen (secondary N) is 1. The lowest BCUT2D eigenvalue weighted by molar-refractivity contribution is 0.403. The highest BCUT2D eigenvalue weighted by Crippen LogP contribution is 2.29. The number of benzene rings is 1. The highest BCUT2D eigenvalue weighted by atomic mass is 19.1. The number of halogens is 1. The van der Waals surface area contributed by atoms with Crippen LogP contribution in [0.1, 0.15) is 38.3 Å². The minimum absolute atomic E-state index is 0.00301. The van der Waals surface area contributed by atoms with E-state index in [4.69, 9.17) is 0 Å². The first-order valence-electron chi connectivity index (χ1n) is 5.80. The topological polar surface area (TPSA) is 12.0 Å². The van der Waals surface area contributed by atoms with Crippen molar-refractivity contribution in [3.63, 3.8) is 0 Å². The van der Waals surface area contributed by atoms with Gasteiger partial charge in [-0.3, -0.25) is 0 Å². The van der Waals surface area contributed by atoms with Crippen molar-refractivity contribution < 1.29 is 4.39 Å². The average molecular weight is 223 g/mol. The molecule has 0 spiro atoms. The summed E-state index contributed by atoms with van der Waals surface area (Å²) in [5.74, 6) is -0.109. The quantitative estimate of drug-likeness (QED) is 0.825. The lowest BCUT2D eigenvalue weighted by Gasteiger charge is -2.28. The molecule has 0 radical (unpaired) electrons. The first-order chi connectivity index (χ1) is 7.36. The molecule has 0 saturated carbocycles. The van der Waals surface area contributed by atoms with E-state index in [9.17, 15) is 4.39 Å². The van der Waals surface area contributed by atoms with Crippen LogP contribution in [0.4, 0.5) is 4.39 Å². The van der Waals surface area contributed by atoms with Crippen molar-refractivity contribution in [2.24, 2.45) is 0 Å². The molecular weight excluding hydrogens is 201 g/mol. The predicted molar refractivity (Wildman–Crippen MR) is 67.3 cm³/mol. The Morgan fingerprint density at radius 3 is 2.50 bits per heavy atom. The Morgan fingerprint density at radius 2 is 2.00 bits per heavy atom. The molecule has 16 heavy (non-hydrogen) atoms. The summed E-state index contributed by atoms with van der Waals surface area (Å²) in [6.07, 6.45) is 0.992. The van der Waals surface area contributed by atoms with E-state index in [1.165, 1.54) is 0 Å². The maximum atomic E-state index is 13.5. The number of aryl methyl sites for hydroxylation is 1. The summed E-state index contributed by atoms with van der Waals surface area (Å²) in [7, 11) is 1.95. The highest BCUT2D eigenvalue weighted by Gasteiger charge is 2.23. The Kier molecular flexibility index (Phi) is 4.09. The molecule has 0 saturated heterocycles. The standard InChI is InChI=1S/C14H22FN/c1-10-6-7-12(8-13(10)15)14(3,4)9-11(2)16-5/h6-8,11,16H,9H2,1-5H3. The molecule has 0 fully saturated rings. The molecule has 90 valence electrons. The van der Waals surface area contributed by atoms with Gasteiger partial charge < -0.3 is 5.32 Å². The van der Waals surface area contributed by atoms with E-state index in [0.717, 1.165) is 12.0 Å². The molecule has 0 amide bonds. The van der Waals surface area contributed by atoms with Crippen LogP contribution in [0.25, 0.3) is 0 Å².